The molecule has 0 atom stereocenters. The Hall–Kier alpha value is -1.68. The van der Waals surface area contributed by atoms with Gasteiger partial charge in [0.15, 0.2) is 0 Å². The van der Waals surface area contributed by atoms with Gasteiger partial charge >= 0.3 is 6.18 Å². The van der Waals surface area contributed by atoms with Crippen LogP contribution in [0.25, 0.3) is 16.0 Å². The summed E-state index contributed by atoms with van der Waals surface area (Å²) in [4.78, 5) is 11.7. The standard InChI is InChI=1S/C12H9F3N4OS2/c13-12(14,15)7-3-6-8(22-7)9(20)18(4-5-1-2-5)10-16-17-11(21)19(6)10/h3,5H,1-2,4H2,(H,17,21). The lowest BCUT2D eigenvalue weighted by Gasteiger charge is -2.06. The number of aromatic amines is 1. The lowest BCUT2D eigenvalue weighted by molar-refractivity contribution is -0.134. The molecule has 1 aliphatic rings. The van der Waals surface area contributed by atoms with Crippen molar-refractivity contribution in [3.63, 3.8) is 0 Å². The van der Waals surface area contributed by atoms with Crippen LogP contribution in [-0.4, -0.2) is 19.2 Å². The van der Waals surface area contributed by atoms with Crippen LogP contribution in [0.2, 0.25) is 0 Å². The van der Waals surface area contributed by atoms with Crippen LogP contribution < -0.4 is 5.56 Å². The van der Waals surface area contributed by atoms with Gasteiger partial charge in [-0.05, 0) is 37.0 Å². The second-order valence-corrected chi connectivity index (χ2v) is 6.78. The highest BCUT2D eigenvalue weighted by Crippen LogP contribution is 2.37. The summed E-state index contributed by atoms with van der Waals surface area (Å²) in [6, 6.07) is 0.960. The first-order valence-corrected chi connectivity index (χ1v) is 7.79. The summed E-state index contributed by atoms with van der Waals surface area (Å²) in [6.07, 6.45) is -2.46. The molecule has 116 valence electrons. The van der Waals surface area contributed by atoms with Crippen molar-refractivity contribution in [2.45, 2.75) is 25.6 Å². The Morgan fingerprint density at radius 1 is 1.45 bits per heavy atom. The molecule has 22 heavy (non-hydrogen) atoms. The molecule has 1 aliphatic carbocycles. The minimum absolute atomic E-state index is 0.0537. The number of nitrogens with zero attached hydrogens (tertiary/aromatic N) is 3. The first-order valence-electron chi connectivity index (χ1n) is 6.57. The van der Waals surface area contributed by atoms with Gasteiger partial charge in [0, 0.05) is 6.54 Å². The van der Waals surface area contributed by atoms with Crippen LogP contribution in [0.15, 0.2) is 10.9 Å². The van der Waals surface area contributed by atoms with Crippen molar-refractivity contribution < 1.29 is 13.2 Å². The zero-order valence-electron chi connectivity index (χ0n) is 11.0. The van der Waals surface area contributed by atoms with E-state index in [0.717, 1.165) is 18.9 Å². The topological polar surface area (TPSA) is 55.1 Å². The van der Waals surface area contributed by atoms with Gasteiger partial charge in [0.2, 0.25) is 10.5 Å². The van der Waals surface area contributed by atoms with Crippen LogP contribution in [0.3, 0.4) is 0 Å². The monoisotopic (exact) mass is 346 g/mol. The lowest BCUT2D eigenvalue weighted by atomic mass is 10.3. The van der Waals surface area contributed by atoms with Gasteiger partial charge in [0.1, 0.15) is 9.58 Å². The van der Waals surface area contributed by atoms with E-state index in [4.69, 9.17) is 12.2 Å². The molecule has 1 fully saturated rings. The van der Waals surface area contributed by atoms with E-state index in [1.807, 2.05) is 0 Å². The normalized spacial score (nSPS) is 16.0. The van der Waals surface area contributed by atoms with E-state index < -0.39 is 16.6 Å². The van der Waals surface area contributed by atoms with E-state index >= 15 is 0 Å². The molecule has 5 nitrogen and oxygen atoms in total. The highest BCUT2D eigenvalue weighted by molar-refractivity contribution is 7.71. The van der Waals surface area contributed by atoms with Gasteiger partial charge in [-0.15, -0.1) is 16.4 Å². The molecule has 1 saturated carbocycles. The number of halogens is 3. The Morgan fingerprint density at radius 2 is 2.18 bits per heavy atom. The lowest BCUT2D eigenvalue weighted by Crippen LogP contribution is -2.23. The second kappa shape index (κ2) is 4.42. The molecule has 3 aromatic rings. The smallest absolute Gasteiger partial charge is 0.275 e. The zero-order chi connectivity index (χ0) is 15.6. The van der Waals surface area contributed by atoms with E-state index in [0.29, 0.717) is 23.8 Å². The Morgan fingerprint density at radius 3 is 2.82 bits per heavy atom. The number of nitrogens with one attached hydrogen (secondary N) is 1. The van der Waals surface area contributed by atoms with Crippen LogP contribution in [-0.2, 0) is 12.7 Å². The van der Waals surface area contributed by atoms with Crippen molar-refractivity contribution in [1.29, 1.82) is 0 Å². The van der Waals surface area contributed by atoms with Crippen LogP contribution in [0.4, 0.5) is 13.2 Å². The maximum Gasteiger partial charge on any atom is 0.425 e. The number of H-pyrrole nitrogens is 1. The number of hydrogen-bond acceptors (Lipinski definition) is 4. The fourth-order valence-corrected chi connectivity index (χ4v) is 3.65. The summed E-state index contributed by atoms with van der Waals surface area (Å²) in [6.45, 7) is 0.456. The molecule has 0 aliphatic heterocycles. The predicted molar refractivity (Wildman–Crippen MR) is 77.7 cm³/mol. The van der Waals surface area contributed by atoms with Crippen molar-refractivity contribution in [2.75, 3.05) is 0 Å². The molecule has 0 saturated heterocycles. The van der Waals surface area contributed by atoms with E-state index in [2.05, 4.69) is 10.2 Å². The molecule has 0 unspecified atom stereocenters. The van der Waals surface area contributed by atoms with E-state index in [1.165, 1.54) is 8.97 Å². The largest absolute Gasteiger partial charge is 0.425 e. The fraction of sp³-hybridized carbons (Fsp3) is 0.417. The second-order valence-electron chi connectivity index (χ2n) is 5.35. The summed E-state index contributed by atoms with van der Waals surface area (Å²) < 4.78 is 41.9. The summed E-state index contributed by atoms with van der Waals surface area (Å²) in [5.41, 5.74) is -0.285. The van der Waals surface area contributed by atoms with Gasteiger partial charge in [-0.25, -0.2) is 5.10 Å². The van der Waals surface area contributed by atoms with Crippen molar-refractivity contribution >= 4 is 39.5 Å². The van der Waals surface area contributed by atoms with E-state index in [1.54, 1.807) is 0 Å². The molecule has 3 heterocycles. The van der Waals surface area contributed by atoms with Gasteiger partial charge in [-0.2, -0.15) is 13.2 Å². The molecular formula is C12H9F3N4OS2. The fourth-order valence-electron chi connectivity index (χ4n) is 2.46. The van der Waals surface area contributed by atoms with Gasteiger partial charge in [0.05, 0.1) is 5.52 Å². The summed E-state index contributed by atoms with van der Waals surface area (Å²) in [5.74, 6) is 0.646. The molecule has 4 rings (SSSR count). The highest BCUT2D eigenvalue weighted by Gasteiger charge is 2.34. The third kappa shape index (κ3) is 2.01. The maximum atomic E-state index is 12.9. The molecule has 0 amide bonds. The van der Waals surface area contributed by atoms with Gasteiger partial charge in [0.25, 0.3) is 5.56 Å². The number of hydrogen-bond donors (Lipinski definition) is 1. The first kappa shape index (κ1) is 13.9. The average molecular weight is 346 g/mol. The molecule has 0 radical (unpaired) electrons. The van der Waals surface area contributed by atoms with Gasteiger partial charge in [-0.1, -0.05) is 0 Å². The van der Waals surface area contributed by atoms with Crippen LogP contribution >= 0.6 is 23.6 Å². The third-order valence-corrected chi connectivity index (χ3v) is 5.14. The number of aromatic nitrogens is 4. The minimum atomic E-state index is -4.49. The Bertz CT molecular complexity index is 1010. The molecule has 3 aromatic heterocycles. The molecular weight excluding hydrogens is 337 g/mol. The van der Waals surface area contributed by atoms with Crippen molar-refractivity contribution in [2.24, 2.45) is 5.92 Å². The van der Waals surface area contributed by atoms with Crippen LogP contribution in [0.5, 0.6) is 0 Å². The summed E-state index contributed by atoms with van der Waals surface area (Å²) >= 11 is 5.55. The van der Waals surface area contributed by atoms with Crippen LogP contribution in [0, 0.1) is 10.7 Å². The molecule has 10 heteroatoms. The van der Waals surface area contributed by atoms with E-state index in [-0.39, 0.29) is 20.8 Å². The Kier molecular flexibility index (Phi) is 2.80. The van der Waals surface area contributed by atoms with Crippen molar-refractivity contribution in [3.05, 3.63) is 26.1 Å². The van der Waals surface area contributed by atoms with Crippen molar-refractivity contribution in [1.82, 2.24) is 19.2 Å². The summed E-state index contributed by atoms with van der Waals surface area (Å²) in [7, 11) is 0. The highest BCUT2D eigenvalue weighted by atomic mass is 32.1. The number of fused-ring (bicyclic) bond motifs is 3. The Balaban J connectivity index is 2.12. The zero-order valence-corrected chi connectivity index (χ0v) is 12.6. The minimum Gasteiger partial charge on any atom is -0.275 e. The molecule has 1 N–H and O–H groups in total. The maximum absolute atomic E-state index is 12.9. The van der Waals surface area contributed by atoms with E-state index in [9.17, 15) is 18.0 Å². The predicted octanol–water partition coefficient (Wildman–Crippen LogP) is 3.20. The third-order valence-electron chi connectivity index (χ3n) is 3.71. The quantitative estimate of drug-likeness (QED) is 0.725. The molecule has 0 aromatic carbocycles. The number of rotatable bonds is 2. The number of alkyl halides is 3. The Labute approximate surface area is 130 Å². The van der Waals surface area contributed by atoms with Crippen molar-refractivity contribution in [3.8, 4) is 0 Å². The number of thiophene rings is 1. The SMILES string of the molecule is O=c1c2sc(C(F)(F)F)cc2n2c(=S)[nH]nc2n1CC1CC1. The van der Waals surface area contributed by atoms with Gasteiger partial charge < -0.3 is 0 Å². The molecule has 0 bridgehead atoms. The van der Waals surface area contributed by atoms with Crippen LogP contribution in [0.1, 0.15) is 17.7 Å². The molecule has 0 spiro atoms. The first-order chi connectivity index (χ1) is 10.4. The average Bonchev–Trinajstić information content (AvgIpc) is 2.99. The van der Waals surface area contributed by atoms with Gasteiger partial charge in [-0.3, -0.25) is 13.8 Å². The summed E-state index contributed by atoms with van der Waals surface area (Å²) in [5, 5.41) is 6.57.